The van der Waals surface area contributed by atoms with Crippen molar-refractivity contribution in [3.8, 4) is 11.5 Å². The molecular formula is C8H11N3O2. The monoisotopic (exact) mass is 181 g/mol. The highest BCUT2D eigenvalue weighted by molar-refractivity contribution is 5.45. The number of ether oxygens (including phenoxy) is 2. The lowest BCUT2D eigenvalue weighted by atomic mass is 10.1. The molecule has 0 radical (unpaired) electrons. The van der Waals surface area contributed by atoms with E-state index in [1.807, 2.05) is 18.2 Å². The van der Waals surface area contributed by atoms with Crippen LogP contribution >= 0.6 is 0 Å². The average molecular weight is 181 g/mol. The lowest BCUT2D eigenvalue weighted by Gasteiger charge is -2.10. The van der Waals surface area contributed by atoms with Gasteiger partial charge in [0.15, 0.2) is 11.5 Å². The third-order valence-corrected chi connectivity index (χ3v) is 1.94. The molecule has 0 amide bonds. The van der Waals surface area contributed by atoms with Gasteiger partial charge in [-0.15, -0.1) is 0 Å². The number of hydrogen-bond donors (Lipinski definition) is 3. The molecule has 0 bridgehead atoms. The molecule has 1 aliphatic heterocycles. The van der Waals surface area contributed by atoms with Crippen molar-refractivity contribution in [1.29, 1.82) is 0 Å². The van der Waals surface area contributed by atoms with E-state index in [1.54, 1.807) is 0 Å². The van der Waals surface area contributed by atoms with Gasteiger partial charge in [-0.2, -0.15) is 0 Å². The molecule has 0 fully saturated rings. The van der Waals surface area contributed by atoms with Crippen molar-refractivity contribution in [2.75, 3.05) is 6.79 Å². The maximum absolute atomic E-state index is 5.66. The Morgan fingerprint density at radius 3 is 2.85 bits per heavy atom. The number of hydrazine groups is 1. The molecule has 0 saturated carbocycles. The number of fused-ring (bicyclic) bond motifs is 1. The first-order valence-electron chi connectivity index (χ1n) is 3.92. The van der Waals surface area contributed by atoms with Crippen LogP contribution in [0.1, 0.15) is 11.7 Å². The summed E-state index contributed by atoms with van der Waals surface area (Å²) in [6.07, 6.45) is -0.380. The maximum atomic E-state index is 5.66. The minimum atomic E-state index is -0.380. The van der Waals surface area contributed by atoms with Gasteiger partial charge >= 0.3 is 0 Å². The molecule has 0 aromatic heterocycles. The average Bonchev–Trinajstić information content (AvgIpc) is 2.63. The minimum absolute atomic E-state index is 0.268. The van der Waals surface area contributed by atoms with Gasteiger partial charge in [0, 0.05) is 0 Å². The molecule has 70 valence electrons. The number of nitrogens with two attached hydrogens (primary N) is 2. The summed E-state index contributed by atoms with van der Waals surface area (Å²) in [5, 5.41) is 0. The molecule has 2 rings (SSSR count). The van der Waals surface area contributed by atoms with Crippen molar-refractivity contribution < 1.29 is 9.47 Å². The Morgan fingerprint density at radius 1 is 1.31 bits per heavy atom. The zero-order valence-corrected chi connectivity index (χ0v) is 6.99. The van der Waals surface area contributed by atoms with E-state index in [9.17, 15) is 0 Å². The summed E-state index contributed by atoms with van der Waals surface area (Å²) in [5.41, 5.74) is 8.98. The highest BCUT2D eigenvalue weighted by Gasteiger charge is 2.14. The molecule has 0 aliphatic carbocycles. The summed E-state index contributed by atoms with van der Waals surface area (Å²) in [6, 6.07) is 5.47. The van der Waals surface area contributed by atoms with Gasteiger partial charge in [-0.05, 0) is 17.7 Å². The van der Waals surface area contributed by atoms with Gasteiger partial charge < -0.3 is 15.2 Å². The van der Waals surface area contributed by atoms with Crippen LogP contribution in [0.15, 0.2) is 18.2 Å². The van der Waals surface area contributed by atoms with Crippen molar-refractivity contribution >= 4 is 0 Å². The van der Waals surface area contributed by atoms with E-state index in [-0.39, 0.29) is 13.0 Å². The fourth-order valence-electron chi connectivity index (χ4n) is 1.20. The van der Waals surface area contributed by atoms with Crippen LogP contribution in [0.2, 0.25) is 0 Å². The van der Waals surface area contributed by atoms with Crippen LogP contribution in [-0.2, 0) is 0 Å². The largest absolute Gasteiger partial charge is 0.454 e. The molecule has 1 aliphatic rings. The highest BCUT2D eigenvalue weighted by Crippen LogP contribution is 2.33. The van der Waals surface area contributed by atoms with Crippen LogP contribution < -0.4 is 26.5 Å². The van der Waals surface area contributed by atoms with Crippen LogP contribution in [0.3, 0.4) is 0 Å². The summed E-state index contributed by atoms with van der Waals surface area (Å²) >= 11 is 0. The first-order chi connectivity index (χ1) is 6.31. The summed E-state index contributed by atoms with van der Waals surface area (Å²) in [5.74, 6) is 6.66. The highest BCUT2D eigenvalue weighted by atomic mass is 16.7. The van der Waals surface area contributed by atoms with E-state index in [4.69, 9.17) is 21.1 Å². The fraction of sp³-hybridized carbons (Fsp3) is 0.250. The predicted octanol–water partition coefficient (Wildman–Crippen LogP) is -0.164. The van der Waals surface area contributed by atoms with Crippen LogP contribution in [0.4, 0.5) is 0 Å². The fourth-order valence-corrected chi connectivity index (χ4v) is 1.20. The van der Waals surface area contributed by atoms with Crippen LogP contribution in [0.25, 0.3) is 0 Å². The second-order valence-electron chi connectivity index (χ2n) is 2.76. The third kappa shape index (κ3) is 1.44. The summed E-state index contributed by atoms with van der Waals surface area (Å²) in [4.78, 5) is 0. The van der Waals surface area contributed by atoms with Gasteiger partial charge in [-0.25, -0.2) is 5.43 Å². The van der Waals surface area contributed by atoms with E-state index in [0.717, 1.165) is 11.3 Å². The first-order valence-corrected chi connectivity index (χ1v) is 3.92. The molecule has 1 aromatic carbocycles. The molecule has 0 saturated heterocycles. The zero-order valence-electron chi connectivity index (χ0n) is 6.99. The lowest BCUT2D eigenvalue weighted by molar-refractivity contribution is 0.174. The summed E-state index contributed by atoms with van der Waals surface area (Å²) < 4.78 is 10.3. The maximum Gasteiger partial charge on any atom is 0.231 e. The quantitative estimate of drug-likeness (QED) is 0.335. The SMILES string of the molecule is NNC(N)c1ccc2c(c1)OCO2. The van der Waals surface area contributed by atoms with E-state index in [2.05, 4.69) is 5.43 Å². The van der Waals surface area contributed by atoms with Gasteiger partial charge in [-0.1, -0.05) is 6.07 Å². The Hall–Kier alpha value is -1.30. The zero-order chi connectivity index (χ0) is 9.26. The second kappa shape index (κ2) is 3.21. The minimum Gasteiger partial charge on any atom is -0.454 e. The van der Waals surface area contributed by atoms with Crippen molar-refractivity contribution in [2.45, 2.75) is 6.17 Å². The van der Waals surface area contributed by atoms with Gasteiger partial charge in [0.1, 0.15) is 0 Å². The van der Waals surface area contributed by atoms with Crippen LogP contribution in [0, 0.1) is 0 Å². The first kappa shape index (κ1) is 8.31. The lowest BCUT2D eigenvalue weighted by Crippen LogP contribution is -2.33. The van der Waals surface area contributed by atoms with Crippen molar-refractivity contribution in [3.05, 3.63) is 23.8 Å². The molecule has 5 heteroatoms. The molecule has 1 heterocycles. The number of rotatable bonds is 2. The molecule has 1 aromatic rings. The van der Waals surface area contributed by atoms with Crippen molar-refractivity contribution in [1.82, 2.24) is 5.43 Å². The van der Waals surface area contributed by atoms with Crippen LogP contribution in [0.5, 0.6) is 11.5 Å². The van der Waals surface area contributed by atoms with E-state index >= 15 is 0 Å². The molecular weight excluding hydrogens is 170 g/mol. The molecule has 1 atom stereocenters. The van der Waals surface area contributed by atoms with Gasteiger partial charge in [-0.3, -0.25) is 5.84 Å². The van der Waals surface area contributed by atoms with Gasteiger partial charge in [0.05, 0.1) is 6.17 Å². The number of benzene rings is 1. The summed E-state index contributed by atoms with van der Waals surface area (Å²) in [6.45, 7) is 0.268. The number of nitrogens with one attached hydrogen (secondary N) is 1. The smallest absolute Gasteiger partial charge is 0.231 e. The topological polar surface area (TPSA) is 82.5 Å². The van der Waals surface area contributed by atoms with Crippen LogP contribution in [-0.4, -0.2) is 6.79 Å². The van der Waals surface area contributed by atoms with Gasteiger partial charge in [0.25, 0.3) is 0 Å². The Labute approximate surface area is 75.6 Å². The standard InChI is InChI=1S/C8H11N3O2/c9-8(11-10)5-1-2-6-7(3-5)13-4-12-6/h1-3,8,11H,4,9-10H2. The van der Waals surface area contributed by atoms with Crippen molar-refractivity contribution in [2.24, 2.45) is 11.6 Å². The summed E-state index contributed by atoms with van der Waals surface area (Å²) in [7, 11) is 0. The van der Waals surface area contributed by atoms with Gasteiger partial charge in [0.2, 0.25) is 6.79 Å². The molecule has 13 heavy (non-hydrogen) atoms. The Balaban J connectivity index is 2.30. The molecule has 1 unspecified atom stereocenters. The normalized spacial score (nSPS) is 15.8. The number of hydrogen-bond acceptors (Lipinski definition) is 5. The van der Waals surface area contributed by atoms with E-state index in [0.29, 0.717) is 5.75 Å². The molecule has 0 spiro atoms. The Kier molecular flexibility index (Phi) is 2.05. The van der Waals surface area contributed by atoms with E-state index < -0.39 is 0 Å². The second-order valence-corrected chi connectivity index (χ2v) is 2.76. The molecule has 5 N–H and O–H groups in total. The third-order valence-electron chi connectivity index (χ3n) is 1.94. The van der Waals surface area contributed by atoms with E-state index in [1.165, 1.54) is 0 Å². The molecule has 5 nitrogen and oxygen atoms in total. The van der Waals surface area contributed by atoms with Crippen molar-refractivity contribution in [3.63, 3.8) is 0 Å². The Morgan fingerprint density at radius 2 is 2.08 bits per heavy atom. The Bertz CT molecular complexity index is 316. The predicted molar refractivity (Wildman–Crippen MR) is 46.8 cm³/mol.